The van der Waals surface area contributed by atoms with Gasteiger partial charge < -0.3 is 10.1 Å². The van der Waals surface area contributed by atoms with E-state index in [2.05, 4.69) is 16.2 Å². The van der Waals surface area contributed by atoms with Gasteiger partial charge in [-0.25, -0.2) is 5.43 Å². The van der Waals surface area contributed by atoms with Gasteiger partial charge in [-0.3, -0.25) is 10.2 Å². The third-order valence-electron chi connectivity index (χ3n) is 4.15. The molecule has 0 radical (unpaired) electrons. The van der Waals surface area contributed by atoms with Crippen LogP contribution >= 0.6 is 0 Å². The van der Waals surface area contributed by atoms with Crippen molar-refractivity contribution in [2.24, 2.45) is 5.92 Å². The standard InChI is InChI=1S/C16H23N3O2/c1-11(21-10-12-5-3-2-4-6-12)16(20)17-15-9-14(18-19-15)13-7-8-13/h2-6,11,13-15,18-19H,7-10H2,1H3,(H,17,20). The van der Waals surface area contributed by atoms with Crippen LogP contribution in [0.25, 0.3) is 0 Å². The molecule has 1 aromatic rings. The molecule has 5 heteroatoms. The zero-order valence-electron chi connectivity index (χ0n) is 12.3. The molecule has 1 saturated carbocycles. The van der Waals surface area contributed by atoms with Crippen molar-refractivity contribution in [2.75, 3.05) is 0 Å². The fraction of sp³-hybridized carbons (Fsp3) is 0.562. The predicted molar refractivity (Wildman–Crippen MR) is 80.0 cm³/mol. The van der Waals surface area contributed by atoms with Crippen LogP contribution in [-0.4, -0.2) is 24.2 Å². The van der Waals surface area contributed by atoms with E-state index in [1.165, 1.54) is 12.8 Å². The lowest BCUT2D eigenvalue weighted by Gasteiger charge is -2.17. The van der Waals surface area contributed by atoms with E-state index in [9.17, 15) is 4.79 Å². The van der Waals surface area contributed by atoms with Crippen LogP contribution in [0, 0.1) is 5.92 Å². The van der Waals surface area contributed by atoms with Crippen LogP contribution in [0.15, 0.2) is 30.3 Å². The molecule has 5 nitrogen and oxygen atoms in total. The van der Waals surface area contributed by atoms with Gasteiger partial charge in [-0.2, -0.15) is 0 Å². The van der Waals surface area contributed by atoms with Gasteiger partial charge in [0.05, 0.1) is 12.8 Å². The Morgan fingerprint density at radius 1 is 1.33 bits per heavy atom. The van der Waals surface area contributed by atoms with Crippen molar-refractivity contribution in [3.05, 3.63) is 35.9 Å². The fourth-order valence-corrected chi connectivity index (χ4v) is 2.64. The Bertz CT molecular complexity index is 476. The first kappa shape index (κ1) is 14.5. The number of hydrazine groups is 1. The van der Waals surface area contributed by atoms with Gasteiger partial charge in [0.15, 0.2) is 0 Å². The Morgan fingerprint density at radius 2 is 2.10 bits per heavy atom. The molecule has 3 unspecified atom stereocenters. The molecule has 0 aromatic heterocycles. The third kappa shape index (κ3) is 4.03. The van der Waals surface area contributed by atoms with Crippen molar-refractivity contribution in [3.8, 4) is 0 Å². The van der Waals surface area contributed by atoms with Crippen LogP contribution in [0.5, 0.6) is 0 Å². The minimum absolute atomic E-state index is 0.00544. The van der Waals surface area contributed by atoms with Crippen molar-refractivity contribution in [1.29, 1.82) is 0 Å². The highest BCUT2D eigenvalue weighted by atomic mass is 16.5. The number of nitrogens with one attached hydrogen (secondary N) is 3. The van der Waals surface area contributed by atoms with Crippen molar-refractivity contribution in [2.45, 2.75) is 51.1 Å². The molecule has 3 rings (SSSR count). The molecule has 1 saturated heterocycles. The van der Waals surface area contributed by atoms with E-state index in [-0.39, 0.29) is 12.1 Å². The first-order valence-electron chi connectivity index (χ1n) is 7.69. The number of hydrogen-bond donors (Lipinski definition) is 3. The predicted octanol–water partition coefficient (Wildman–Crippen LogP) is 1.31. The lowest BCUT2D eigenvalue weighted by atomic mass is 10.1. The fourth-order valence-electron chi connectivity index (χ4n) is 2.64. The maximum absolute atomic E-state index is 12.1. The van der Waals surface area contributed by atoms with Crippen LogP contribution in [0.4, 0.5) is 0 Å². The van der Waals surface area contributed by atoms with Crippen LogP contribution < -0.4 is 16.2 Å². The van der Waals surface area contributed by atoms with E-state index in [1.54, 1.807) is 6.92 Å². The summed E-state index contributed by atoms with van der Waals surface area (Å²) in [4.78, 5) is 12.1. The van der Waals surface area contributed by atoms with E-state index in [4.69, 9.17) is 4.74 Å². The van der Waals surface area contributed by atoms with E-state index in [0.29, 0.717) is 12.6 Å². The molecule has 0 bridgehead atoms. The smallest absolute Gasteiger partial charge is 0.250 e. The topological polar surface area (TPSA) is 62.4 Å². The first-order valence-corrected chi connectivity index (χ1v) is 7.69. The summed E-state index contributed by atoms with van der Waals surface area (Å²) >= 11 is 0. The van der Waals surface area contributed by atoms with E-state index < -0.39 is 6.10 Å². The van der Waals surface area contributed by atoms with Crippen molar-refractivity contribution >= 4 is 5.91 Å². The lowest BCUT2D eigenvalue weighted by molar-refractivity contribution is -0.133. The summed E-state index contributed by atoms with van der Waals surface area (Å²) in [6, 6.07) is 10.4. The molecule has 2 aliphatic rings. The number of carbonyl (C=O) groups is 1. The maximum atomic E-state index is 12.1. The molecule has 1 aromatic carbocycles. The lowest BCUT2D eigenvalue weighted by Crippen LogP contribution is -2.47. The summed E-state index contributed by atoms with van der Waals surface area (Å²) in [5, 5.41) is 2.99. The minimum Gasteiger partial charge on any atom is -0.364 e. The average molecular weight is 289 g/mol. The van der Waals surface area contributed by atoms with Crippen LogP contribution in [0.2, 0.25) is 0 Å². The van der Waals surface area contributed by atoms with Gasteiger partial charge in [-0.1, -0.05) is 30.3 Å². The molecular weight excluding hydrogens is 266 g/mol. The summed E-state index contributed by atoms with van der Waals surface area (Å²) in [6.45, 7) is 2.25. The molecule has 2 fully saturated rings. The number of carbonyl (C=O) groups excluding carboxylic acids is 1. The van der Waals surface area contributed by atoms with E-state index in [0.717, 1.165) is 17.9 Å². The highest BCUT2D eigenvalue weighted by Crippen LogP contribution is 2.35. The molecule has 3 atom stereocenters. The van der Waals surface area contributed by atoms with Gasteiger partial charge in [0.1, 0.15) is 6.10 Å². The van der Waals surface area contributed by atoms with Gasteiger partial charge in [0.25, 0.3) is 0 Å². The van der Waals surface area contributed by atoms with Crippen molar-refractivity contribution in [3.63, 3.8) is 0 Å². The van der Waals surface area contributed by atoms with Crippen LogP contribution in [-0.2, 0) is 16.1 Å². The van der Waals surface area contributed by atoms with Gasteiger partial charge in [-0.15, -0.1) is 0 Å². The largest absolute Gasteiger partial charge is 0.364 e. The molecule has 1 heterocycles. The Morgan fingerprint density at radius 3 is 2.81 bits per heavy atom. The monoisotopic (exact) mass is 289 g/mol. The van der Waals surface area contributed by atoms with Gasteiger partial charge in [0.2, 0.25) is 5.91 Å². The highest BCUT2D eigenvalue weighted by molar-refractivity contribution is 5.80. The molecule has 0 spiro atoms. The van der Waals surface area contributed by atoms with Crippen LogP contribution in [0.3, 0.4) is 0 Å². The zero-order chi connectivity index (χ0) is 14.7. The van der Waals surface area contributed by atoms with E-state index >= 15 is 0 Å². The molecule has 21 heavy (non-hydrogen) atoms. The Labute approximate surface area is 125 Å². The third-order valence-corrected chi connectivity index (χ3v) is 4.15. The van der Waals surface area contributed by atoms with Crippen LogP contribution in [0.1, 0.15) is 31.7 Å². The highest BCUT2D eigenvalue weighted by Gasteiger charge is 2.37. The second-order valence-electron chi connectivity index (χ2n) is 5.97. The number of amides is 1. The van der Waals surface area contributed by atoms with Gasteiger partial charge >= 0.3 is 0 Å². The number of hydrogen-bond acceptors (Lipinski definition) is 4. The maximum Gasteiger partial charge on any atom is 0.250 e. The average Bonchev–Trinajstić information content (AvgIpc) is 3.26. The minimum atomic E-state index is -0.452. The molecular formula is C16H23N3O2. The molecule has 1 aliphatic carbocycles. The van der Waals surface area contributed by atoms with Crippen molar-refractivity contribution < 1.29 is 9.53 Å². The summed E-state index contributed by atoms with van der Waals surface area (Å²) < 4.78 is 5.63. The SMILES string of the molecule is CC(OCc1ccccc1)C(=O)NC1CC(C2CC2)NN1. The van der Waals surface area contributed by atoms with Gasteiger partial charge in [0, 0.05) is 6.04 Å². The first-order chi connectivity index (χ1) is 10.2. The number of benzene rings is 1. The Balaban J connectivity index is 1.40. The Kier molecular flexibility index (Phi) is 4.53. The Hall–Kier alpha value is -1.43. The van der Waals surface area contributed by atoms with E-state index in [1.807, 2.05) is 30.3 Å². The summed E-state index contributed by atoms with van der Waals surface area (Å²) in [5.74, 6) is 0.716. The zero-order valence-corrected chi connectivity index (χ0v) is 12.3. The summed E-state index contributed by atoms with van der Waals surface area (Å²) in [7, 11) is 0. The quantitative estimate of drug-likeness (QED) is 0.739. The second kappa shape index (κ2) is 6.56. The summed E-state index contributed by atoms with van der Waals surface area (Å²) in [6.07, 6.45) is 3.10. The molecule has 1 aliphatic heterocycles. The van der Waals surface area contributed by atoms with Crippen molar-refractivity contribution in [1.82, 2.24) is 16.2 Å². The molecule has 114 valence electrons. The summed E-state index contributed by atoms with van der Waals surface area (Å²) in [5.41, 5.74) is 7.49. The molecule has 3 N–H and O–H groups in total. The number of rotatable bonds is 6. The number of ether oxygens (including phenoxy) is 1. The molecule has 1 amide bonds. The second-order valence-corrected chi connectivity index (χ2v) is 5.97. The van der Waals surface area contributed by atoms with Gasteiger partial charge in [-0.05, 0) is 37.7 Å². The normalized spacial score (nSPS) is 26.5.